The van der Waals surface area contributed by atoms with Gasteiger partial charge in [-0.25, -0.2) is 0 Å². The van der Waals surface area contributed by atoms with E-state index in [1.165, 1.54) is 7.11 Å². The number of fused-ring (bicyclic) bond motifs is 1. The maximum atomic E-state index is 12.9. The lowest BCUT2D eigenvalue weighted by Gasteiger charge is -2.13. The fraction of sp³-hybridized carbons (Fsp3) is 0.0385. The summed E-state index contributed by atoms with van der Waals surface area (Å²) in [5.41, 5.74) is 1.96. The minimum Gasteiger partial charge on any atom is -0.496 e. The van der Waals surface area contributed by atoms with Gasteiger partial charge in [-0.05, 0) is 71.5 Å². The molecular formula is C26H20ClN3O3S. The lowest BCUT2D eigenvalue weighted by Crippen LogP contribution is -2.34. The third-order valence-corrected chi connectivity index (χ3v) is 5.44. The number of halogens is 1. The molecule has 0 aromatic heterocycles. The highest BCUT2D eigenvalue weighted by Crippen LogP contribution is 2.26. The first-order valence-electron chi connectivity index (χ1n) is 10.3. The van der Waals surface area contributed by atoms with Crippen LogP contribution in [-0.2, 0) is 0 Å². The van der Waals surface area contributed by atoms with Gasteiger partial charge in [-0.2, -0.15) is 0 Å². The number of thiocarbonyl (C=S) groups is 1. The standard InChI is InChI=1S/C26H20ClN3O3S/c1-33-23-14-17-7-3-2-6-16(17)13-22(23)25(32)30-26(34)29-21-11-5-10-20(15-21)28-24(31)18-8-4-9-19(27)12-18/h2-15H,1H3,(H,28,31)(H2,29,30,32,34). The van der Waals surface area contributed by atoms with E-state index >= 15 is 0 Å². The predicted molar refractivity (Wildman–Crippen MR) is 140 cm³/mol. The van der Waals surface area contributed by atoms with E-state index in [9.17, 15) is 9.59 Å². The Morgan fingerprint density at radius 1 is 0.794 bits per heavy atom. The molecule has 8 heteroatoms. The Labute approximate surface area is 206 Å². The minimum atomic E-state index is -0.398. The number of methoxy groups -OCH3 is 1. The van der Waals surface area contributed by atoms with Crippen molar-refractivity contribution in [2.75, 3.05) is 17.7 Å². The van der Waals surface area contributed by atoms with Crippen LogP contribution < -0.4 is 20.7 Å². The minimum absolute atomic E-state index is 0.110. The van der Waals surface area contributed by atoms with E-state index in [0.717, 1.165) is 10.8 Å². The first kappa shape index (κ1) is 23.2. The van der Waals surface area contributed by atoms with E-state index in [1.807, 2.05) is 30.3 Å². The lowest BCUT2D eigenvalue weighted by atomic mass is 10.1. The highest BCUT2D eigenvalue weighted by Gasteiger charge is 2.15. The van der Waals surface area contributed by atoms with E-state index in [4.69, 9.17) is 28.6 Å². The summed E-state index contributed by atoms with van der Waals surface area (Å²) < 4.78 is 5.40. The molecule has 0 unspecified atom stereocenters. The van der Waals surface area contributed by atoms with Crippen LogP contribution in [0.5, 0.6) is 5.75 Å². The third kappa shape index (κ3) is 5.51. The summed E-state index contributed by atoms with van der Waals surface area (Å²) in [6.07, 6.45) is 0. The van der Waals surface area contributed by atoms with Gasteiger partial charge in [-0.3, -0.25) is 14.9 Å². The molecule has 6 nitrogen and oxygen atoms in total. The van der Waals surface area contributed by atoms with E-state index in [-0.39, 0.29) is 11.0 Å². The monoisotopic (exact) mass is 489 g/mol. The zero-order chi connectivity index (χ0) is 24.1. The molecule has 4 rings (SSSR count). The molecule has 3 N–H and O–H groups in total. The van der Waals surface area contributed by atoms with Crippen molar-refractivity contribution >= 4 is 62.9 Å². The van der Waals surface area contributed by atoms with Crippen molar-refractivity contribution < 1.29 is 14.3 Å². The number of anilines is 2. The molecule has 34 heavy (non-hydrogen) atoms. The second kappa shape index (κ2) is 10.3. The number of amides is 2. The van der Waals surface area contributed by atoms with E-state index in [1.54, 1.807) is 54.6 Å². The number of hydrogen-bond acceptors (Lipinski definition) is 4. The molecule has 0 radical (unpaired) electrons. The van der Waals surface area contributed by atoms with Crippen LogP contribution in [-0.4, -0.2) is 24.0 Å². The van der Waals surface area contributed by atoms with Gasteiger partial charge >= 0.3 is 0 Å². The maximum absolute atomic E-state index is 12.9. The first-order valence-corrected chi connectivity index (χ1v) is 11.1. The molecule has 0 atom stereocenters. The van der Waals surface area contributed by atoms with Crippen LogP contribution in [0.2, 0.25) is 5.02 Å². The number of carbonyl (C=O) groups excluding carboxylic acids is 2. The van der Waals surface area contributed by atoms with Gasteiger partial charge in [0.25, 0.3) is 11.8 Å². The molecule has 0 aliphatic carbocycles. The second-order valence-electron chi connectivity index (χ2n) is 7.35. The van der Waals surface area contributed by atoms with Crippen molar-refractivity contribution in [3.8, 4) is 5.75 Å². The highest BCUT2D eigenvalue weighted by atomic mass is 35.5. The highest BCUT2D eigenvalue weighted by molar-refractivity contribution is 7.80. The normalized spacial score (nSPS) is 10.4. The van der Waals surface area contributed by atoms with Crippen LogP contribution in [0.15, 0.2) is 84.9 Å². The zero-order valence-corrected chi connectivity index (χ0v) is 19.7. The van der Waals surface area contributed by atoms with Gasteiger partial charge in [0.15, 0.2) is 5.11 Å². The molecule has 0 spiro atoms. The molecule has 0 saturated carbocycles. The fourth-order valence-corrected chi connectivity index (χ4v) is 3.81. The number of carbonyl (C=O) groups is 2. The molecule has 4 aromatic carbocycles. The molecular weight excluding hydrogens is 470 g/mol. The quantitative estimate of drug-likeness (QED) is 0.305. The van der Waals surface area contributed by atoms with Crippen molar-refractivity contribution in [3.63, 3.8) is 0 Å². The Kier molecular flexibility index (Phi) is 7.06. The molecule has 0 fully saturated rings. The number of benzene rings is 4. The van der Waals surface area contributed by atoms with Gasteiger partial charge in [0.2, 0.25) is 0 Å². The number of nitrogens with one attached hydrogen (secondary N) is 3. The number of ether oxygens (including phenoxy) is 1. The molecule has 0 bridgehead atoms. The van der Waals surface area contributed by atoms with Crippen LogP contribution in [0.3, 0.4) is 0 Å². The molecule has 0 aliphatic heterocycles. The summed E-state index contributed by atoms with van der Waals surface area (Å²) in [5, 5.41) is 10.9. The van der Waals surface area contributed by atoms with Crippen molar-refractivity contribution in [1.29, 1.82) is 0 Å². The van der Waals surface area contributed by atoms with Gasteiger partial charge in [-0.15, -0.1) is 0 Å². The summed E-state index contributed by atoms with van der Waals surface area (Å²) in [5.74, 6) is -0.242. The summed E-state index contributed by atoms with van der Waals surface area (Å²) in [6, 6.07) is 24.9. The second-order valence-corrected chi connectivity index (χ2v) is 8.20. The molecule has 170 valence electrons. The fourth-order valence-electron chi connectivity index (χ4n) is 3.41. The largest absolute Gasteiger partial charge is 0.496 e. The van der Waals surface area contributed by atoms with Gasteiger partial charge in [0, 0.05) is 22.0 Å². The van der Waals surface area contributed by atoms with Gasteiger partial charge < -0.3 is 15.4 Å². The lowest BCUT2D eigenvalue weighted by molar-refractivity contribution is 0.0973. The van der Waals surface area contributed by atoms with Crippen molar-refractivity contribution in [1.82, 2.24) is 5.32 Å². The predicted octanol–water partition coefficient (Wildman–Crippen LogP) is 5.88. The summed E-state index contributed by atoms with van der Waals surface area (Å²) in [4.78, 5) is 25.4. The van der Waals surface area contributed by atoms with Crippen molar-refractivity contribution in [2.24, 2.45) is 0 Å². The van der Waals surface area contributed by atoms with Gasteiger partial charge in [0.05, 0.1) is 12.7 Å². The smallest absolute Gasteiger partial charge is 0.261 e. The average molecular weight is 490 g/mol. The van der Waals surface area contributed by atoms with Gasteiger partial charge in [-0.1, -0.05) is 48.0 Å². The Morgan fingerprint density at radius 2 is 1.47 bits per heavy atom. The van der Waals surface area contributed by atoms with Crippen LogP contribution in [0.4, 0.5) is 11.4 Å². The van der Waals surface area contributed by atoms with E-state index in [2.05, 4.69) is 16.0 Å². The SMILES string of the molecule is COc1cc2ccccc2cc1C(=O)NC(=S)Nc1cccc(NC(=O)c2cccc(Cl)c2)c1. The number of hydrogen-bond donors (Lipinski definition) is 3. The van der Waals surface area contributed by atoms with Crippen molar-refractivity contribution in [3.05, 3.63) is 101 Å². The average Bonchev–Trinajstić information content (AvgIpc) is 2.83. The molecule has 2 amide bonds. The zero-order valence-electron chi connectivity index (χ0n) is 18.1. The summed E-state index contributed by atoms with van der Waals surface area (Å²) >= 11 is 11.3. The Bertz CT molecular complexity index is 1410. The van der Waals surface area contributed by atoms with Crippen molar-refractivity contribution in [2.45, 2.75) is 0 Å². The van der Waals surface area contributed by atoms with Crippen LogP contribution in [0.25, 0.3) is 10.8 Å². The topological polar surface area (TPSA) is 79.5 Å². The Hall–Kier alpha value is -3.94. The maximum Gasteiger partial charge on any atom is 0.261 e. The van der Waals surface area contributed by atoms with Crippen LogP contribution >= 0.6 is 23.8 Å². The summed E-state index contributed by atoms with van der Waals surface area (Å²) in [6.45, 7) is 0. The summed E-state index contributed by atoms with van der Waals surface area (Å²) in [7, 11) is 1.51. The molecule has 0 aliphatic rings. The Morgan fingerprint density at radius 3 is 2.18 bits per heavy atom. The van der Waals surface area contributed by atoms with E-state index in [0.29, 0.717) is 33.3 Å². The number of rotatable bonds is 5. The van der Waals surface area contributed by atoms with Gasteiger partial charge in [0.1, 0.15) is 5.75 Å². The third-order valence-electron chi connectivity index (χ3n) is 5.00. The molecule has 0 heterocycles. The van der Waals surface area contributed by atoms with E-state index < -0.39 is 5.91 Å². The van der Waals surface area contributed by atoms with Crippen LogP contribution in [0.1, 0.15) is 20.7 Å². The first-order chi connectivity index (χ1) is 16.4. The van der Waals surface area contributed by atoms with Crippen LogP contribution in [0, 0.1) is 0 Å². The molecule has 0 saturated heterocycles. The Balaban J connectivity index is 1.44. The molecule has 4 aromatic rings.